The monoisotopic (exact) mass is 234 g/mol. The Morgan fingerprint density at radius 3 is 2.35 bits per heavy atom. The summed E-state index contributed by atoms with van der Waals surface area (Å²) in [6.07, 6.45) is 2.44. The van der Waals surface area contributed by atoms with E-state index in [4.69, 9.17) is 4.74 Å². The van der Waals surface area contributed by atoms with Crippen LogP contribution < -0.4 is 10.2 Å². The fourth-order valence-corrected chi connectivity index (χ4v) is 2.25. The summed E-state index contributed by atoms with van der Waals surface area (Å²) in [6, 6.07) is 8.75. The molecule has 1 N–H and O–H groups in total. The first kappa shape index (κ1) is 12.4. The molecule has 0 amide bonds. The largest absolute Gasteiger partial charge is 0.380 e. The zero-order valence-electron chi connectivity index (χ0n) is 10.6. The van der Waals surface area contributed by atoms with Crippen LogP contribution in [0.25, 0.3) is 0 Å². The molecule has 3 nitrogen and oxygen atoms in total. The number of methoxy groups -OCH3 is 1. The predicted octanol–water partition coefficient (Wildman–Crippen LogP) is 2.02. The summed E-state index contributed by atoms with van der Waals surface area (Å²) in [5.41, 5.74) is 2.58. The maximum Gasteiger partial charge on any atom is 0.0713 e. The van der Waals surface area contributed by atoms with Crippen molar-refractivity contribution in [2.45, 2.75) is 19.4 Å². The van der Waals surface area contributed by atoms with E-state index in [9.17, 15) is 0 Å². The minimum absolute atomic E-state index is 0.699. The standard InChI is InChI=1S/C14H22N2O/c1-17-12-13-4-6-14(7-5-13)16-10-2-8-15-9-3-11-16/h4-7,15H,2-3,8-12H2,1H3. The zero-order chi connectivity index (χ0) is 11.9. The highest BCUT2D eigenvalue weighted by atomic mass is 16.5. The predicted molar refractivity (Wildman–Crippen MR) is 71.5 cm³/mol. The average molecular weight is 234 g/mol. The van der Waals surface area contributed by atoms with Crippen LogP contribution in [-0.4, -0.2) is 33.3 Å². The van der Waals surface area contributed by atoms with E-state index in [2.05, 4.69) is 34.5 Å². The zero-order valence-corrected chi connectivity index (χ0v) is 10.6. The molecule has 0 atom stereocenters. The first-order valence-corrected chi connectivity index (χ1v) is 6.44. The van der Waals surface area contributed by atoms with Crippen molar-refractivity contribution in [3.63, 3.8) is 0 Å². The molecule has 0 saturated carbocycles. The molecule has 3 heteroatoms. The molecule has 1 aliphatic rings. The molecule has 1 aliphatic heterocycles. The minimum Gasteiger partial charge on any atom is -0.380 e. The van der Waals surface area contributed by atoms with Gasteiger partial charge in [0, 0.05) is 25.9 Å². The van der Waals surface area contributed by atoms with Gasteiger partial charge in [-0.1, -0.05) is 12.1 Å². The summed E-state index contributed by atoms with van der Waals surface area (Å²) < 4.78 is 5.13. The van der Waals surface area contributed by atoms with E-state index in [0.717, 1.165) is 26.2 Å². The summed E-state index contributed by atoms with van der Waals surface area (Å²) in [7, 11) is 1.74. The van der Waals surface area contributed by atoms with Crippen molar-refractivity contribution >= 4 is 5.69 Å². The van der Waals surface area contributed by atoms with Crippen LogP contribution in [0.4, 0.5) is 5.69 Å². The molecule has 1 aromatic carbocycles. The van der Waals surface area contributed by atoms with E-state index in [1.165, 1.54) is 24.1 Å². The van der Waals surface area contributed by atoms with Crippen molar-refractivity contribution in [3.05, 3.63) is 29.8 Å². The van der Waals surface area contributed by atoms with Crippen molar-refractivity contribution in [2.24, 2.45) is 0 Å². The minimum atomic E-state index is 0.699. The molecule has 1 fully saturated rings. The fraction of sp³-hybridized carbons (Fsp3) is 0.571. The van der Waals surface area contributed by atoms with Gasteiger partial charge in [-0.25, -0.2) is 0 Å². The van der Waals surface area contributed by atoms with Gasteiger partial charge in [0.1, 0.15) is 0 Å². The maximum absolute atomic E-state index is 5.13. The molecule has 0 bridgehead atoms. The molecule has 0 aromatic heterocycles. The molecule has 1 saturated heterocycles. The molecule has 2 rings (SSSR count). The van der Waals surface area contributed by atoms with E-state index in [0.29, 0.717) is 6.61 Å². The summed E-state index contributed by atoms with van der Waals surface area (Å²) in [4.78, 5) is 2.48. The lowest BCUT2D eigenvalue weighted by atomic mass is 10.2. The third kappa shape index (κ3) is 3.72. The van der Waals surface area contributed by atoms with Gasteiger partial charge in [0.2, 0.25) is 0 Å². The number of benzene rings is 1. The number of hydrogen-bond acceptors (Lipinski definition) is 3. The van der Waals surface area contributed by atoms with Gasteiger partial charge in [-0.15, -0.1) is 0 Å². The Bertz CT molecular complexity index is 315. The first-order valence-electron chi connectivity index (χ1n) is 6.44. The number of hydrogen-bond donors (Lipinski definition) is 1. The van der Waals surface area contributed by atoms with Gasteiger partial charge in [-0.05, 0) is 43.6 Å². The number of nitrogens with zero attached hydrogens (tertiary/aromatic N) is 1. The van der Waals surface area contributed by atoms with Crippen LogP contribution in [0.1, 0.15) is 18.4 Å². The van der Waals surface area contributed by atoms with Crippen LogP contribution in [0, 0.1) is 0 Å². The number of anilines is 1. The molecule has 0 spiro atoms. The number of ether oxygens (including phenoxy) is 1. The SMILES string of the molecule is COCc1ccc(N2CCCNCCC2)cc1. The van der Waals surface area contributed by atoms with Crippen molar-refractivity contribution < 1.29 is 4.74 Å². The fourth-order valence-electron chi connectivity index (χ4n) is 2.25. The van der Waals surface area contributed by atoms with Gasteiger partial charge in [0.15, 0.2) is 0 Å². The maximum atomic E-state index is 5.13. The van der Waals surface area contributed by atoms with Crippen molar-refractivity contribution in [1.82, 2.24) is 5.32 Å². The Kier molecular flexibility index (Phi) is 4.83. The topological polar surface area (TPSA) is 24.5 Å². The highest BCUT2D eigenvalue weighted by molar-refractivity contribution is 5.47. The van der Waals surface area contributed by atoms with Gasteiger partial charge in [-0.2, -0.15) is 0 Å². The molecule has 1 heterocycles. The summed E-state index contributed by atoms with van der Waals surface area (Å²) in [6.45, 7) is 5.27. The molecule has 0 radical (unpaired) electrons. The Balaban J connectivity index is 1.99. The lowest BCUT2D eigenvalue weighted by Gasteiger charge is -2.27. The van der Waals surface area contributed by atoms with Gasteiger partial charge in [-0.3, -0.25) is 0 Å². The average Bonchev–Trinajstić information content (AvgIpc) is 2.30. The van der Waals surface area contributed by atoms with Crippen molar-refractivity contribution in [3.8, 4) is 0 Å². The molecule has 0 unspecified atom stereocenters. The van der Waals surface area contributed by atoms with Crippen LogP contribution in [-0.2, 0) is 11.3 Å². The Morgan fingerprint density at radius 1 is 1.12 bits per heavy atom. The van der Waals surface area contributed by atoms with E-state index in [1.807, 2.05) is 0 Å². The highest BCUT2D eigenvalue weighted by Crippen LogP contribution is 2.17. The Labute approximate surface area is 104 Å². The smallest absolute Gasteiger partial charge is 0.0713 e. The number of nitrogens with one attached hydrogen (secondary N) is 1. The van der Waals surface area contributed by atoms with E-state index in [-0.39, 0.29) is 0 Å². The van der Waals surface area contributed by atoms with Crippen LogP contribution in [0.3, 0.4) is 0 Å². The lowest BCUT2D eigenvalue weighted by Crippen LogP contribution is -2.33. The summed E-state index contributed by atoms with van der Waals surface area (Å²) in [5, 5.41) is 3.44. The van der Waals surface area contributed by atoms with Gasteiger partial charge in [0.05, 0.1) is 6.61 Å². The Hall–Kier alpha value is -1.06. The summed E-state index contributed by atoms with van der Waals surface area (Å²) in [5.74, 6) is 0. The van der Waals surface area contributed by atoms with Gasteiger partial charge >= 0.3 is 0 Å². The van der Waals surface area contributed by atoms with Crippen LogP contribution in [0.15, 0.2) is 24.3 Å². The van der Waals surface area contributed by atoms with Crippen molar-refractivity contribution in [1.29, 1.82) is 0 Å². The summed E-state index contributed by atoms with van der Waals surface area (Å²) >= 11 is 0. The second kappa shape index (κ2) is 6.62. The quantitative estimate of drug-likeness (QED) is 0.866. The second-order valence-electron chi connectivity index (χ2n) is 4.54. The second-order valence-corrected chi connectivity index (χ2v) is 4.54. The normalized spacial score (nSPS) is 17.6. The number of rotatable bonds is 3. The van der Waals surface area contributed by atoms with E-state index in [1.54, 1.807) is 7.11 Å². The van der Waals surface area contributed by atoms with E-state index >= 15 is 0 Å². The molecule has 17 heavy (non-hydrogen) atoms. The molecular formula is C14H22N2O. The lowest BCUT2D eigenvalue weighted by molar-refractivity contribution is 0.185. The van der Waals surface area contributed by atoms with Crippen LogP contribution in [0.5, 0.6) is 0 Å². The molecular weight excluding hydrogens is 212 g/mol. The molecule has 94 valence electrons. The van der Waals surface area contributed by atoms with Crippen LogP contribution in [0.2, 0.25) is 0 Å². The van der Waals surface area contributed by atoms with Crippen molar-refractivity contribution in [2.75, 3.05) is 38.2 Å². The third-order valence-electron chi connectivity index (χ3n) is 3.18. The van der Waals surface area contributed by atoms with Crippen LogP contribution >= 0.6 is 0 Å². The third-order valence-corrected chi connectivity index (χ3v) is 3.18. The van der Waals surface area contributed by atoms with E-state index < -0.39 is 0 Å². The first-order chi connectivity index (χ1) is 8.40. The van der Waals surface area contributed by atoms with Gasteiger partial charge < -0.3 is 15.0 Å². The van der Waals surface area contributed by atoms with Gasteiger partial charge in [0.25, 0.3) is 0 Å². The highest BCUT2D eigenvalue weighted by Gasteiger charge is 2.08. The Morgan fingerprint density at radius 2 is 1.76 bits per heavy atom. The molecule has 1 aromatic rings. The molecule has 0 aliphatic carbocycles.